The molecule has 98 valence electrons. The Kier molecular flexibility index (Phi) is 3.76. The van der Waals surface area contributed by atoms with Gasteiger partial charge in [0.2, 0.25) is 0 Å². The highest BCUT2D eigenvalue weighted by Crippen LogP contribution is 2.21. The van der Waals surface area contributed by atoms with Crippen LogP contribution in [0.4, 0.5) is 0 Å². The summed E-state index contributed by atoms with van der Waals surface area (Å²) in [5.41, 5.74) is 4.48. The minimum atomic E-state index is 0.412. The van der Waals surface area contributed by atoms with E-state index in [1.54, 1.807) is 0 Å². The van der Waals surface area contributed by atoms with Crippen LogP contribution in [-0.2, 0) is 6.42 Å². The number of H-pyrrole nitrogens is 1. The number of hydrogen-bond donors (Lipinski definition) is 2. The van der Waals surface area contributed by atoms with Crippen LogP contribution in [0.15, 0.2) is 24.3 Å². The number of para-hydroxylation sites is 1. The van der Waals surface area contributed by atoms with E-state index in [0.29, 0.717) is 5.41 Å². The smallest absolute Gasteiger partial charge is 0.0804 e. The first-order chi connectivity index (χ1) is 8.47. The maximum absolute atomic E-state index is 3.47. The van der Waals surface area contributed by atoms with Gasteiger partial charge in [-0.05, 0) is 18.6 Å². The molecule has 3 N–H and O–H groups in total. The van der Waals surface area contributed by atoms with Crippen molar-refractivity contribution in [2.45, 2.75) is 34.1 Å². The van der Waals surface area contributed by atoms with Crippen LogP contribution >= 0.6 is 0 Å². The lowest BCUT2D eigenvalue weighted by atomic mass is 9.97. The second-order valence-corrected chi connectivity index (χ2v) is 6.37. The average molecular weight is 245 g/mol. The van der Waals surface area contributed by atoms with Gasteiger partial charge in [-0.15, -0.1) is 0 Å². The monoisotopic (exact) mass is 245 g/mol. The summed E-state index contributed by atoms with van der Waals surface area (Å²) in [4.78, 5) is 3.47. The molecule has 0 amide bonds. The lowest BCUT2D eigenvalue weighted by Gasteiger charge is -2.15. The summed E-state index contributed by atoms with van der Waals surface area (Å²) in [7, 11) is 0. The number of aryl methyl sites for hydroxylation is 1. The first kappa shape index (κ1) is 13.2. The molecule has 0 saturated heterocycles. The van der Waals surface area contributed by atoms with Crippen molar-refractivity contribution in [1.82, 2.24) is 4.98 Å². The number of aromatic amines is 1. The van der Waals surface area contributed by atoms with Crippen LogP contribution in [0.3, 0.4) is 0 Å². The Labute approximate surface area is 110 Å². The van der Waals surface area contributed by atoms with Crippen molar-refractivity contribution in [2.75, 3.05) is 13.1 Å². The fraction of sp³-hybridized carbons (Fsp3) is 0.500. The molecular weight excluding hydrogens is 220 g/mol. The Morgan fingerprint density at radius 3 is 2.61 bits per heavy atom. The molecule has 0 atom stereocenters. The molecule has 2 rings (SSSR count). The average Bonchev–Trinajstić information content (AvgIpc) is 2.59. The molecule has 0 radical (unpaired) electrons. The van der Waals surface area contributed by atoms with Gasteiger partial charge in [-0.2, -0.15) is 0 Å². The number of hydrogen-bond acceptors (Lipinski definition) is 0. The highest BCUT2D eigenvalue weighted by Gasteiger charge is 2.13. The van der Waals surface area contributed by atoms with Gasteiger partial charge in [-0.3, -0.25) is 0 Å². The number of quaternary nitrogens is 1. The molecular formula is C16H25N2+. The van der Waals surface area contributed by atoms with Crippen molar-refractivity contribution in [3.63, 3.8) is 0 Å². The zero-order chi connectivity index (χ0) is 13.2. The number of benzene rings is 1. The molecule has 0 spiro atoms. The quantitative estimate of drug-likeness (QED) is 0.776. The molecule has 1 aromatic carbocycles. The van der Waals surface area contributed by atoms with Gasteiger partial charge in [-0.25, -0.2) is 0 Å². The van der Waals surface area contributed by atoms with Crippen LogP contribution in [0.2, 0.25) is 0 Å². The van der Waals surface area contributed by atoms with E-state index in [0.717, 1.165) is 6.42 Å². The van der Waals surface area contributed by atoms with Gasteiger partial charge < -0.3 is 10.3 Å². The molecule has 0 aliphatic heterocycles. The minimum absolute atomic E-state index is 0.412. The predicted molar refractivity (Wildman–Crippen MR) is 77.9 cm³/mol. The summed E-state index contributed by atoms with van der Waals surface area (Å²) in [6, 6.07) is 8.59. The van der Waals surface area contributed by atoms with Crippen molar-refractivity contribution < 1.29 is 5.32 Å². The van der Waals surface area contributed by atoms with Crippen LogP contribution in [0.1, 0.15) is 32.0 Å². The van der Waals surface area contributed by atoms with E-state index in [1.807, 2.05) is 0 Å². The summed E-state index contributed by atoms with van der Waals surface area (Å²) in [6.07, 6.45) is 1.14. The highest BCUT2D eigenvalue weighted by atomic mass is 14.9. The zero-order valence-electron chi connectivity index (χ0n) is 12.0. The number of nitrogens with one attached hydrogen (secondary N) is 1. The molecule has 0 fully saturated rings. The molecule has 0 aliphatic rings. The number of fused-ring (bicyclic) bond motifs is 1. The third-order valence-electron chi connectivity index (χ3n) is 3.38. The molecule has 2 heteroatoms. The second kappa shape index (κ2) is 5.15. The summed E-state index contributed by atoms with van der Waals surface area (Å²) < 4.78 is 0. The van der Waals surface area contributed by atoms with Crippen LogP contribution < -0.4 is 5.32 Å². The van der Waals surface area contributed by atoms with Crippen LogP contribution in [0.25, 0.3) is 10.9 Å². The molecule has 18 heavy (non-hydrogen) atoms. The Morgan fingerprint density at radius 1 is 1.17 bits per heavy atom. The molecule has 1 heterocycles. The Balaban J connectivity index is 2.01. The van der Waals surface area contributed by atoms with Crippen LogP contribution in [0, 0.1) is 12.3 Å². The predicted octanol–water partition coefficient (Wildman–Crippen LogP) is 2.63. The Bertz CT molecular complexity index is 517. The van der Waals surface area contributed by atoms with E-state index in [9.17, 15) is 0 Å². The maximum atomic E-state index is 3.47. The van der Waals surface area contributed by atoms with Crippen molar-refractivity contribution in [2.24, 2.45) is 5.41 Å². The lowest BCUT2D eigenvalue weighted by molar-refractivity contribution is -0.664. The van der Waals surface area contributed by atoms with Crippen molar-refractivity contribution in [3.8, 4) is 0 Å². The standard InChI is InChI=1S/C16H24N2/c1-12-13(9-10-17-11-16(2,3)4)14-7-5-6-8-15(14)18-12/h5-8,17-18H,9-11H2,1-4H3/p+1. The van der Waals surface area contributed by atoms with Crippen molar-refractivity contribution in [1.29, 1.82) is 0 Å². The molecule has 0 bridgehead atoms. The molecule has 0 aliphatic carbocycles. The maximum Gasteiger partial charge on any atom is 0.0804 e. The number of nitrogens with two attached hydrogens (primary N) is 1. The number of aromatic nitrogens is 1. The van der Waals surface area contributed by atoms with Crippen LogP contribution in [-0.4, -0.2) is 18.1 Å². The van der Waals surface area contributed by atoms with Gasteiger partial charge in [-0.1, -0.05) is 39.0 Å². The van der Waals surface area contributed by atoms with Crippen molar-refractivity contribution in [3.05, 3.63) is 35.5 Å². The Hall–Kier alpha value is -1.28. The van der Waals surface area contributed by atoms with Gasteiger partial charge in [0, 0.05) is 28.4 Å². The van der Waals surface area contributed by atoms with Gasteiger partial charge in [0.25, 0.3) is 0 Å². The van der Waals surface area contributed by atoms with Gasteiger partial charge in [0.1, 0.15) is 0 Å². The third-order valence-corrected chi connectivity index (χ3v) is 3.38. The summed E-state index contributed by atoms with van der Waals surface area (Å²) in [5.74, 6) is 0. The highest BCUT2D eigenvalue weighted by molar-refractivity contribution is 5.84. The SMILES string of the molecule is Cc1[nH]c2ccccc2c1CC[NH2+]CC(C)(C)C. The minimum Gasteiger partial charge on any atom is -0.358 e. The van der Waals surface area contributed by atoms with Gasteiger partial charge in [0.05, 0.1) is 13.1 Å². The largest absolute Gasteiger partial charge is 0.358 e. The first-order valence-corrected chi connectivity index (χ1v) is 6.85. The van der Waals surface area contributed by atoms with E-state index in [4.69, 9.17) is 0 Å². The second-order valence-electron chi connectivity index (χ2n) is 6.37. The van der Waals surface area contributed by atoms with Gasteiger partial charge in [0.15, 0.2) is 0 Å². The summed E-state index contributed by atoms with van der Waals surface area (Å²) >= 11 is 0. The van der Waals surface area contributed by atoms with E-state index in [1.165, 1.54) is 35.2 Å². The van der Waals surface area contributed by atoms with E-state index in [2.05, 4.69) is 62.3 Å². The molecule has 0 unspecified atom stereocenters. The van der Waals surface area contributed by atoms with E-state index in [-0.39, 0.29) is 0 Å². The van der Waals surface area contributed by atoms with Crippen LogP contribution in [0.5, 0.6) is 0 Å². The zero-order valence-corrected chi connectivity index (χ0v) is 12.0. The first-order valence-electron chi connectivity index (χ1n) is 6.85. The third kappa shape index (κ3) is 3.14. The fourth-order valence-electron chi connectivity index (χ4n) is 2.44. The normalized spacial score (nSPS) is 12.2. The summed E-state index contributed by atoms with van der Waals surface area (Å²) in [5, 5.41) is 3.82. The molecule has 1 aromatic heterocycles. The van der Waals surface area contributed by atoms with Crippen molar-refractivity contribution >= 4 is 10.9 Å². The molecule has 2 nitrogen and oxygen atoms in total. The molecule has 0 saturated carbocycles. The topological polar surface area (TPSA) is 32.4 Å². The van der Waals surface area contributed by atoms with E-state index < -0.39 is 0 Å². The van der Waals surface area contributed by atoms with Gasteiger partial charge >= 0.3 is 0 Å². The lowest BCUT2D eigenvalue weighted by Crippen LogP contribution is -2.86. The van der Waals surface area contributed by atoms with E-state index >= 15 is 0 Å². The fourth-order valence-corrected chi connectivity index (χ4v) is 2.44. The number of rotatable bonds is 4. The summed E-state index contributed by atoms with van der Waals surface area (Å²) in [6.45, 7) is 11.4. The molecule has 2 aromatic rings. The Morgan fingerprint density at radius 2 is 1.89 bits per heavy atom.